The number of likely N-dealkylation sites (N-methyl/N-ethyl adjacent to an activating group) is 1. The Labute approximate surface area is 135 Å². The molecular formula is C15H20ClN3OS. The highest BCUT2D eigenvalue weighted by atomic mass is 35.5. The van der Waals surface area contributed by atoms with Gasteiger partial charge in [-0.25, -0.2) is 0 Å². The second-order valence-corrected chi connectivity index (χ2v) is 6.20. The lowest BCUT2D eigenvalue weighted by molar-refractivity contribution is 0.0733. The molecule has 1 unspecified atom stereocenters. The van der Waals surface area contributed by atoms with Gasteiger partial charge in [0.05, 0.1) is 6.54 Å². The van der Waals surface area contributed by atoms with Gasteiger partial charge >= 0.3 is 0 Å². The van der Waals surface area contributed by atoms with Crippen molar-refractivity contribution < 1.29 is 4.79 Å². The largest absolute Gasteiger partial charge is 0.338 e. The maximum Gasteiger partial charge on any atom is 0.270 e. The Morgan fingerprint density at radius 3 is 3.00 bits per heavy atom. The zero-order valence-corrected chi connectivity index (χ0v) is 13.6. The zero-order valence-electron chi connectivity index (χ0n) is 12.0. The van der Waals surface area contributed by atoms with Gasteiger partial charge in [-0.3, -0.25) is 4.79 Å². The fourth-order valence-corrected chi connectivity index (χ4v) is 3.34. The van der Waals surface area contributed by atoms with Gasteiger partial charge in [-0.15, -0.1) is 23.7 Å². The summed E-state index contributed by atoms with van der Waals surface area (Å²) in [6, 6.07) is 8.31. The molecule has 0 aliphatic carbocycles. The lowest BCUT2D eigenvalue weighted by Crippen LogP contribution is -2.39. The summed E-state index contributed by atoms with van der Waals surface area (Å²) in [5.74, 6) is 0.111. The number of halogens is 1. The molecule has 1 amide bonds. The SMILES string of the molecule is CN(C(=O)c1cccn1Cc1cccs1)C1CCNC1.Cl. The molecule has 0 spiro atoms. The number of carbonyl (C=O) groups excluding carboxylic acids is 1. The highest BCUT2D eigenvalue weighted by Gasteiger charge is 2.25. The molecule has 2 aromatic heterocycles. The Bertz CT molecular complexity index is 576. The van der Waals surface area contributed by atoms with Gasteiger partial charge in [0.25, 0.3) is 5.91 Å². The molecule has 3 rings (SSSR count). The van der Waals surface area contributed by atoms with Gasteiger partial charge in [0, 0.05) is 30.7 Å². The molecule has 0 saturated carbocycles. The Balaban J connectivity index is 0.00000161. The van der Waals surface area contributed by atoms with Crippen molar-refractivity contribution in [1.82, 2.24) is 14.8 Å². The van der Waals surface area contributed by atoms with Crippen molar-refractivity contribution in [3.05, 3.63) is 46.4 Å². The van der Waals surface area contributed by atoms with Crippen LogP contribution >= 0.6 is 23.7 Å². The van der Waals surface area contributed by atoms with E-state index in [0.29, 0.717) is 6.04 Å². The van der Waals surface area contributed by atoms with Crippen LogP contribution in [0.1, 0.15) is 21.8 Å². The summed E-state index contributed by atoms with van der Waals surface area (Å²) in [4.78, 5) is 15.8. The predicted octanol–water partition coefficient (Wildman–Crippen LogP) is 2.45. The third-order valence-electron chi connectivity index (χ3n) is 3.86. The van der Waals surface area contributed by atoms with Crippen molar-refractivity contribution in [2.45, 2.75) is 19.0 Å². The van der Waals surface area contributed by atoms with E-state index >= 15 is 0 Å². The Kier molecular flexibility index (Phi) is 5.45. The van der Waals surface area contributed by atoms with Crippen molar-refractivity contribution in [1.29, 1.82) is 0 Å². The average Bonchev–Trinajstić information content (AvgIpc) is 3.20. The lowest BCUT2D eigenvalue weighted by Gasteiger charge is -2.24. The molecule has 2 aromatic rings. The number of amides is 1. The maximum atomic E-state index is 12.6. The van der Waals surface area contributed by atoms with E-state index in [-0.39, 0.29) is 18.3 Å². The quantitative estimate of drug-likeness (QED) is 0.937. The second-order valence-electron chi connectivity index (χ2n) is 5.16. The number of carbonyl (C=O) groups is 1. The van der Waals surface area contributed by atoms with Crippen LogP contribution in [0.5, 0.6) is 0 Å². The zero-order chi connectivity index (χ0) is 13.9. The molecule has 21 heavy (non-hydrogen) atoms. The lowest BCUT2D eigenvalue weighted by atomic mass is 10.2. The third kappa shape index (κ3) is 3.48. The summed E-state index contributed by atoms with van der Waals surface area (Å²) in [5, 5.41) is 5.37. The van der Waals surface area contributed by atoms with Gasteiger partial charge in [0.2, 0.25) is 0 Å². The Hall–Kier alpha value is -1.30. The molecule has 0 aromatic carbocycles. The highest BCUT2D eigenvalue weighted by molar-refractivity contribution is 7.09. The van der Waals surface area contributed by atoms with Crippen LogP contribution in [-0.2, 0) is 6.54 Å². The van der Waals surface area contributed by atoms with Crippen molar-refractivity contribution >= 4 is 29.7 Å². The minimum absolute atomic E-state index is 0. The summed E-state index contributed by atoms with van der Waals surface area (Å²) in [6.07, 6.45) is 3.02. The standard InChI is InChI=1S/C15H19N3OS.ClH/c1-17(12-6-7-16-10-12)15(19)14-5-2-8-18(14)11-13-4-3-9-20-13;/h2-5,8-9,12,16H,6-7,10-11H2,1H3;1H. The molecule has 1 atom stereocenters. The Morgan fingerprint density at radius 1 is 1.48 bits per heavy atom. The Morgan fingerprint density at radius 2 is 2.33 bits per heavy atom. The van der Waals surface area contributed by atoms with Gasteiger partial charge in [-0.2, -0.15) is 0 Å². The van der Waals surface area contributed by atoms with Gasteiger partial charge < -0.3 is 14.8 Å². The number of nitrogens with zero attached hydrogens (tertiary/aromatic N) is 2. The minimum atomic E-state index is 0. The van der Waals surface area contributed by atoms with E-state index in [1.807, 2.05) is 40.9 Å². The van der Waals surface area contributed by atoms with Crippen molar-refractivity contribution in [3.63, 3.8) is 0 Å². The van der Waals surface area contributed by atoms with E-state index in [2.05, 4.69) is 16.8 Å². The second kappa shape index (κ2) is 7.11. The molecule has 4 nitrogen and oxygen atoms in total. The molecule has 1 aliphatic heterocycles. The number of hydrogen-bond acceptors (Lipinski definition) is 3. The fraction of sp³-hybridized carbons (Fsp3) is 0.400. The van der Waals surface area contributed by atoms with Crippen molar-refractivity contribution in [3.8, 4) is 0 Å². The number of thiophene rings is 1. The van der Waals surface area contributed by atoms with Crippen LogP contribution in [0.25, 0.3) is 0 Å². The van der Waals surface area contributed by atoms with E-state index in [9.17, 15) is 4.79 Å². The monoisotopic (exact) mass is 325 g/mol. The van der Waals surface area contributed by atoms with Crippen LogP contribution in [0.2, 0.25) is 0 Å². The smallest absolute Gasteiger partial charge is 0.270 e. The molecule has 1 saturated heterocycles. The van der Waals surface area contributed by atoms with Gasteiger partial charge in [-0.05, 0) is 36.5 Å². The summed E-state index contributed by atoms with van der Waals surface area (Å²) in [5.41, 5.74) is 0.771. The fourth-order valence-electron chi connectivity index (χ4n) is 2.63. The van der Waals surface area contributed by atoms with Crippen LogP contribution in [0.4, 0.5) is 0 Å². The van der Waals surface area contributed by atoms with Crippen LogP contribution in [0.3, 0.4) is 0 Å². The van der Waals surface area contributed by atoms with Crippen LogP contribution in [0, 0.1) is 0 Å². The topological polar surface area (TPSA) is 37.3 Å². The molecule has 1 fully saturated rings. The first-order chi connectivity index (χ1) is 9.75. The predicted molar refractivity (Wildman–Crippen MR) is 88.5 cm³/mol. The average molecular weight is 326 g/mol. The van der Waals surface area contributed by atoms with E-state index in [1.54, 1.807) is 11.3 Å². The molecule has 0 radical (unpaired) electrons. The van der Waals surface area contributed by atoms with Crippen LogP contribution in [0.15, 0.2) is 35.8 Å². The van der Waals surface area contributed by atoms with Gasteiger partial charge in [0.1, 0.15) is 5.69 Å². The number of aromatic nitrogens is 1. The molecule has 6 heteroatoms. The number of nitrogens with one attached hydrogen (secondary N) is 1. The first-order valence-corrected chi connectivity index (χ1v) is 7.79. The molecular weight excluding hydrogens is 306 g/mol. The molecule has 1 N–H and O–H groups in total. The van der Waals surface area contributed by atoms with Crippen molar-refractivity contribution in [2.24, 2.45) is 0 Å². The molecule has 114 valence electrons. The molecule has 0 bridgehead atoms. The van der Waals surface area contributed by atoms with E-state index < -0.39 is 0 Å². The third-order valence-corrected chi connectivity index (χ3v) is 4.72. The highest BCUT2D eigenvalue weighted by Crippen LogP contribution is 2.16. The van der Waals surface area contributed by atoms with Gasteiger partial charge in [0.15, 0.2) is 0 Å². The first-order valence-electron chi connectivity index (χ1n) is 6.91. The summed E-state index contributed by atoms with van der Waals surface area (Å²) >= 11 is 1.72. The number of rotatable bonds is 4. The van der Waals surface area contributed by atoms with Crippen molar-refractivity contribution in [2.75, 3.05) is 20.1 Å². The number of hydrogen-bond donors (Lipinski definition) is 1. The maximum absolute atomic E-state index is 12.6. The first kappa shape index (κ1) is 16.1. The normalized spacial score (nSPS) is 17.5. The minimum Gasteiger partial charge on any atom is -0.338 e. The van der Waals surface area contributed by atoms with E-state index in [0.717, 1.165) is 31.7 Å². The van der Waals surface area contributed by atoms with Crippen LogP contribution in [-0.4, -0.2) is 41.6 Å². The molecule has 1 aliphatic rings. The molecule has 3 heterocycles. The summed E-state index contributed by atoms with van der Waals surface area (Å²) in [6.45, 7) is 2.66. The van der Waals surface area contributed by atoms with Gasteiger partial charge in [-0.1, -0.05) is 6.07 Å². The van der Waals surface area contributed by atoms with Crippen LogP contribution < -0.4 is 5.32 Å². The van der Waals surface area contributed by atoms with E-state index in [1.165, 1.54) is 4.88 Å². The summed E-state index contributed by atoms with van der Waals surface area (Å²) < 4.78 is 2.03. The van der Waals surface area contributed by atoms with E-state index in [4.69, 9.17) is 0 Å². The summed E-state index contributed by atoms with van der Waals surface area (Å²) in [7, 11) is 1.91.